The van der Waals surface area contributed by atoms with Crippen molar-refractivity contribution in [3.05, 3.63) is 72.3 Å². The molecule has 0 aliphatic heterocycles. The maximum Gasteiger partial charge on any atom is 0.407 e. The number of ether oxygens (including phenoxy) is 2. The number of hydrogen-bond donors (Lipinski definition) is 2. The molecule has 2 aromatic carbocycles. The number of fused-ring (bicyclic) bond motifs is 3. The first kappa shape index (κ1) is 23.4. The zero-order valence-corrected chi connectivity index (χ0v) is 17.5. The zero-order chi connectivity index (χ0) is 20.6. The number of rotatable bonds is 9. The van der Waals surface area contributed by atoms with Gasteiger partial charge in [-0.1, -0.05) is 61.2 Å². The van der Waals surface area contributed by atoms with E-state index in [0.29, 0.717) is 19.4 Å². The first-order valence-electron chi connectivity index (χ1n) is 9.74. The van der Waals surface area contributed by atoms with Gasteiger partial charge in [-0.15, -0.1) is 12.4 Å². The fourth-order valence-electron chi connectivity index (χ4n) is 3.59. The number of nitrogens with two attached hydrogens (primary N) is 1. The fraction of sp³-hybridized carbons (Fsp3) is 0.304. The largest absolute Gasteiger partial charge is 0.460 e. The summed E-state index contributed by atoms with van der Waals surface area (Å²) < 4.78 is 10.5. The summed E-state index contributed by atoms with van der Waals surface area (Å²) in [6, 6.07) is 15.4. The summed E-state index contributed by atoms with van der Waals surface area (Å²) >= 11 is 0. The van der Waals surface area contributed by atoms with Crippen molar-refractivity contribution < 1.29 is 19.1 Å². The smallest absolute Gasteiger partial charge is 0.407 e. The third kappa shape index (κ3) is 5.40. The summed E-state index contributed by atoms with van der Waals surface area (Å²) in [5.41, 5.74) is 10.1. The lowest BCUT2D eigenvalue weighted by atomic mass is 9.98. The number of amides is 1. The first-order valence-corrected chi connectivity index (χ1v) is 9.74. The van der Waals surface area contributed by atoms with Crippen molar-refractivity contribution in [2.24, 2.45) is 5.73 Å². The van der Waals surface area contributed by atoms with Crippen LogP contribution in [0.4, 0.5) is 4.79 Å². The Balaban J connectivity index is 0.00000320. The molecule has 0 spiro atoms. The Bertz CT molecular complexity index is 842. The molecule has 1 aliphatic carbocycles. The Hall–Kier alpha value is -2.83. The highest BCUT2D eigenvalue weighted by atomic mass is 35.5. The van der Waals surface area contributed by atoms with E-state index in [-0.39, 0.29) is 31.5 Å². The topological polar surface area (TPSA) is 90.6 Å². The number of esters is 1. The van der Waals surface area contributed by atoms with Crippen LogP contribution in [-0.4, -0.2) is 37.9 Å². The number of carbonyl (C=O) groups is 2. The molecule has 2 aromatic rings. The molecule has 0 radical (unpaired) electrons. The zero-order valence-electron chi connectivity index (χ0n) is 16.7. The average Bonchev–Trinajstić information content (AvgIpc) is 3.07. The van der Waals surface area contributed by atoms with Crippen LogP contribution in [0, 0.1) is 0 Å². The molecule has 6 nitrogen and oxygen atoms in total. The van der Waals surface area contributed by atoms with E-state index in [4.69, 9.17) is 15.2 Å². The number of nitrogens with one attached hydrogen (secondary N) is 1. The lowest BCUT2D eigenvalue weighted by molar-refractivity contribution is -0.145. The van der Waals surface area contributed by atoms with E-state index >= 15 is 0 Å². The van der Waals surface area contributed by atoms with E-state index < -0.39 is 18.1 Å². The predicted octanol–water partition coefficient (Wildman–Crippen LogP) is 3.78. The molecule has 3 rings (SSSR count). The van der Waals surface area contributed by atoms with E-state index in [1.54, 1.807) is 0 Å². The van der Waals surface area contributed by atoms with Gasteiger partial charge >= 0.3 is 12.1 Å². The van der Waals surface area contributed by atoms with Crippen molar-refractivity contribution in [3.8, 4) is 11.1 Å². The standard InChI is InChI=1S/C23H26N2O4.ClH/c1-2-14-28-22(26)21(12-7-13-24)25-23(27)29-15-20-18-10-5-3-8-16(18)17-9-4-6-11-19(17)20;/h2-6,8-11,20-21H,1,7,12-15,24H2,(H,25,27);1H/t21-;/m0./s1. The normalized spacial score (nSPS) is 12.7. The second-order valence-electron chi connectivity index (χ2n) is 6.87. The molecule has 0 bridgehead atoms. The highest BCUT2D eigenvalue weighted by molar-refractivity contribution is 5.85. The van der Waals surface area contributed by atoms with Gasteiger partial charge in [-0.3, -0.25) is 0 Å². The molecule has 0 unspecified atom stereocenters. The number of carbonyl (C=O) groups excluding carboxylic acids is 2. The SMILES string of the molecule is C=CCOC(=O)[C@H](CCCN)NC(=O)OCC1c2ccccc2-c2ccccc21.Cl. The summed E-state index contributed by atoms with van der Waals surface area (Å²) in [6.07, 6.45) is 1.80. The van der Waals surface area contributed by atoms with Crippen LogP contribution in [0.2, 0.25) is 0 Å². The van der Waals surface area contributed by atoms with Crippen LogP contribution < -0.4 is 11.1 Å². The van der Waals surface area contributed by atoms with Gasteiger partial charge in [0.1, 0.15) is 19.3 Å². The monoisotopic (exact) mass is 430 g/mol. The molecule has 1 atom stereocenters. The van der Waals surface area contributed by atoms with Gasteiger partial charge in [0.2, 0.25) is 0 Å². The maximum absolute atomic E-state index is 12.4. The molecule has 160 valence electrons. The number of halogens is 1. The minimum absolute atomic E-state index is 0. The van der Waals surface area contributed by atoms with Gasteiger partial charge in [-0.05, 0) is 41.6 Å². The van der Waals surface area contributed by atoms with Crippen LogP contribution in [0.15, 0.2) is 61.2 Å². The van der Waals surface area contributed by atoms with Crippen molar-refractivity contribution in [2.45, 2.75) is 24.8 Å². The molecule has 30 heavy (non-hydrogen) atoms. The fourth-order valence-corrected chi connectivity index (χ4v) is 3.59. The minimum atomic E-state index is -0.797. The summed E-state index contributed by atoms with van der Waals surface area (Å²) in [5.74, 6) is -0.560. The molecule has 3 N–H and O–H groups in total. The number of hydrogen-bond acceptors (Lipinski definition) is 5. The lowest BCUT2D eigenvalue weighted by Gasteiger charge is -2.18. The average molecular weight is 431 g/mol. The minimum Gasteiger partial charge on any atom is -0.460 e. The van der Waals surface area contributed by atoms with Crippen molar-refractivity contribution in [2.75, 3.05) is 19.8 Å². The quantitative estimate of drug-likeness (QED) is 0.466. The summed E-state index contributed by atoms with van der Waals surface area (Å²) in [4.78, 5) is 24.5. The molecule has 7 heteroatoms. The Morgan fingerprint density at radius 2 is 1.67 bits per heavy atom. The summed E-state index contributed by atoms with van der Waals surface area (Å²) in [7, 11) is 0. The van der Waals surface area contributed by atoms with Crippen LogP contribution in [0.25, 0.3) is 11.1 Å². The van der Waals surface area contributed by atoms with Gasteiger partial charge in [0.25, 0.3) is 0 Å². The molecule has 0 heterocycles. The van der Waals surface area contributed by atoms with Gasteiger partial charge in [0.05, 0.1) is 0 Å². The molecule has 0 fully saturated rings. The van der Waals surface area contributed by atoms with Crippen LogP contribution in [0.1, 0.15) is 29.9 Å². The number of benzene rings is 2. The summed E-state index contributed by atoms with van der Waals surface area (Å²) in [5, 5.41) is 2.61. The first-order chi connectivity index (χ1) is 14.2. The molecule has 1 amide bonds. The van der Waals surface area contributed by atoms with Crippen molar-refractivity contribution >= 4 is 24.5 Å². The second kappa shape index (κ2) is 11.4. The van der Waals surface area contributed by atoms with Gasteiger partial charge in [-0.2, -0.15) is 0 Å². The van der Waals surface area contributed by atoms with E-state index in [2.05, 4.69) is 36.2 Å². The van der Waals surface area contributed by atoms with Crippen molar-refractivity contribution in [1.82, 2.24) is 5.32 Å². The highest BCUT2D eigenvalue weighted by Gasteiger charge is 2.29. The maximum atomic E-state index is 12.4. The van der Waals surface area contributed by atoms with Crippen LogP contribution >= 0.6 is 12.4 Å². The Morgan fingerprint density at radius 1 is 1.07 bits per heavy atom. The van der Waals surface area contributed by atoms with Crippen LogP contribution in [-0.2, 0) is 14.3 Å². The van der Waals surface area contributed by atoms with Gasteiger partial charge in [0, 0.05) is 5.92 Å². The number of alkyl carbamates (subject to hydrolysis) is 1. The molecule has 0 saturated carbocycles. The molecule has 1 aliphatic rings. The van der Waals surface area contributed by atoms with Crippen molar-refractivity contribution in [3.63, 3.8) is 0 Å². The third-order valence-corrected chi connectivity index (χ3v) is 4.96. The third-order valence-electron chi connectivity index (χ3n) is 4.96. The van der Waals surface area contributed by atoms with Gasteiger partial charge in [0.15, 0.2) is 0 Å². The van der Waals surface area contributed by atoms with Crippen LogP contribution in [0.3, 0.4) is 0 Å². The predicted molar refractivity (Wildman–Crippen MR) is 119 cm³/mol. The van der Waals surface area contributed by atoms with Crippen LogP contribution in [0.5, 0.6) is 0 Å². The molecular formula is C23H27ClN2O4. The lowest BCUT2D eigenvalue weighted by Crippen LogP contribution is -2.42. The molecule has 0 aromatic heterocycles. The van der Waals surface area contributed by atoms with E-state index in [1.165, 1.54) is 6.08 Å². The Labute approximate surface area is 182 Å². The second-order valence-corrected chi connectivity index (χ2v) is 6.87. The highest BCUT2D eigenvalue weighted by Crippen LogP contribution is 2.44. The van der Waals surface area contributed by atoms with E-state index in [1.807, 2.05) is 24.3 Å². The summed E-state index contributed by atoms with van der Waals surface area (Å²) in [6.45, 7) is 4.20. The Kier molecular flexibility index (Phi) is 8.89. The molecular weight excluding hydrogens is 404 g/mol. The van der Waals surface area contributed by atoms with E-state index in [9.17, 15) is 9.59 Å². The van der Waals surface area contributed by atoms with Gasteiger partial charge in [-0.25, -0.2) is 9.59 Å². The van der Waals surface area contributed by atoms with Crippen molar-refractivity contribution in [1.29, 1.82) is 0 Å². The Morgan fingerprint density at radius 3 is 2.23 bits per heavy atom. The van der Waals surface area contributed by atoms with E-state index in [0.717, 1.165) is 22.3 Å². The van der Waals surface area contributed by atoms with Gasteiger partial charge < -0.3 is 20.5 Å². The molecule has 0 saturated heterocycles.